The van der Waals surface area contributed by atoms with Gasteiger partial charge in [-0.15, -0.1) is 0 Å². The van der Waals surface area contributed by atoms with Crippen molar-refractivity contribution in [3.8, 4) is 0 Å². The lowest BCUT2D eigenvalue weighted by atomic mass is 9.87. The summed E-state index contributed by atoms with van der Waals surface area (Å²) in [5.41, 5.74) is -0.190. The first-order valence-corrected chi connectivity index (χ1v) is 7.82. The van der Waals surface area contributed by atoms with Crippen molar-refractivity contribution in [1.29, 1.82) is 0 Å². The predicted molar refractivity (Wildman–Crippen MR) is 78.2 cm³/mol. The minimum atomic E-state index is -0.408. The van der Waals surface area contributed by atoms with Gasteiger partial charge in [-0.1, -0.05) is 29.8 Å². The fourth-order valence-electron chi connectivity index (χ4n) is 2.30. The number of hydrogen-bond donors (Lipinski definition) is 0. The number of rotatable bonds is 3. The molecule has 1 unspecified atom stereocenters. The lowest BCUT2D eigenvalue weighted by Gasteiger charge is -2.33. The van der Waals surface area contributed by atoms with Gasteiger partial charge in [-0.05, 0) is 45.4 Å². The third kappa shape index (κ3) is 4.79. The average molecular weight is 320 g/mol. The van der Waals surface area contributed by atoms with Crippen molar-refractivity contribution >= 4 is 22.0 Å². The largest absolute Gasteiger partial charge is 0.444 e. The molecule has 106 valence electrons. The van der Waals surface area contributed by atoms with E-state index in [1.807, 2.05) is 25.7 Å². The zero-order valence-electron chi connectivity index (χ0n) is 12.3. The maximum Gasteiger partial charge on any atom is 0.410 e. The van der Waals surface area contributed by atoms with Crippen LogP contribution in [0.1, 0.15) is 53.9 Å². The highest BCUT2D eigenvalue weighted by Crippen LogP contribution is 2.32. The molecule has 0 aliphatic carbocycles. The molecule has 4 heteroatoms. The second-order valence-electron chi connectivity index (χ2n) is 6.97. The summed E-state index contributed by atoms with van der Waals surface area (Å²) >= 11 is 3.55. The highest BCUT2D eigenvalue weighted by molar-refractivity contribution is 9.09. The molecule has 18 heavy (non-hydrogen) atoms. The number of likely N-dealkylation sites (tertiary alicyclic amines) is 1. The summed E-state index contributed by atoms with van der Waals surface area (Å²) in [6.45, 7) is 11.0. The Balaban J connectivity index is 2.62. The van der Waals surface area contributed by atoms with E-state index in [9.17, 15) is 4.79 Å². The zero-order chi connectivity index (χ0) is 14.0. The molecule has 0 radical (unpaired) electrons. The van der Waals surface area contributed by atoms with Gasteiger partial charge in [0.15, 0.2) is 0 Å². The number of amides is 1. The van der Waals surface area contributed by atoms with E-state index in [0.717, 1.165) is 31.1 Å². The maximum absolute atomic E-state index is 12.1. The third-order valence-electron chi connectivity index (χ3n) is 3.16. The van der Waals surface area contributed by atoms with Gasteiger partial charge in [-0.2, -0.15) is 0 Å². The second-order valence-corrected chi connectivity index (χ2v) is 7.53. The van der Waals surface area contributed by atoms with Crippen molar-refractivity contribution in [2.24, 2.45) is 5.41 Å². The van der Waals surface area contributed by atoms with Gasteiger partial charge in [0.1, 0.15) is 5.60 Å². The van der Waals surface area contributed by atoms with E-state index in [1.165, 1.54) is 0 Å². The van der Waals surface area contributed by atoms with Gasteiger partial charge in [0, 0.05) is 17.9 Å². The first kappa shape index (κ1) is 15.8. The van der Waals surface area contributed by atoms with Crippen molar-refractivity contribution < 1.29 is 9.53 Å². The fraction of sp³-hybridized carbons (Fsp3) is 0.929. The van der Waals surface area contributed by atoms with Crippen LogP contribution in [0.15, 0.2) is 0 Å². The van der Waals surface area contributed by atoms with Crippen molar-refractivity contribution in [3.05, 3.63) is 0 Å². The minimum Gasteiger partial charge on any atom is -0.444 e. The Morgan fingerprint density at radius 3 is 2.44 bits per heavy atom. The topological polar surface area (TPSA) is 29.5 Å². The molecular formula is C14H26BrNO2. The Morgan fingerprint density at radius 1 is 1.33 bits per heavy atom. The first-order valence-electron chi connectivity index (χ1n) is 6.70. The lowest BCUT2D eigenvalue weighted by Crippen LogP contribution is -2.41. The third-order valence-corrected chi connectivity index (χ3v) is 4.67. The van der Waals surface area contributed by atoms with Crippen molar-refractivity contribution in [1.82, 2.24) is 4.90 Å². The van der Waals surface area contributed by atoms with Crippen LogP contribution in [0.4, 0.5) is 4.79 Å². The van der Waals surface area contributed by atoms with Crippen molar-refractivity contribution in [2.75, 3.05) is 11.9 Å². The molecule has 3 nitrogen and oxygen atoms in total. The minimum absolute atomic E-state index is 0.157. The first-order chi connectivity index (χ1) is 8.14. The molecule has 0 aromatic rings. The van der Waals surface area contributed by atoms with Crippen LogP contribution in [-0.4, -0.2) is 34.5 Å². The maximum atomic E-state index is 12.1. The summed E-state index contributed by atoms with van der Waals surface area (Å²) in [5, 5.41) is 0.957. The molecule has 0 saturated carbocycles. The smallest absolute Gasteiger partial charge is 0.410 e. The van der Waals surface area contributed by atoms with Gasteiger partial charge in [-0.25, -0.2) is 4.79 Å². The summed E-state index contributed by atoms with van der Waals surface area (Å²) in [7, 11) is 0. The molecule has 1 fully saturated rings. The normalized spacial score (nSPS) is 21.2. The van der Waals surface area contributed by atoms with Crippen LogP contribution < -0.4 is 0 Å². The Morgan fingerprint density at radius 2 is 1.94 bits per heavy atom. The van der Waals surface area contributed by atoms with E-state index in [-0.39, 0.29) is 11.5 Å². The number of alkyl halides is 1. The second kappa shape index (κ2) is 5.81. The SMILES string of the molecule is CC(C)(CBr)CC1CCCN1C(=O)OC(C)(C)C. The molecule has 0 aromatic heterocycles. The number of nitrogens with zero attached hydrogens (tertiary/aromatic N) is 1. The quantitative estimate of drug-likeness (QED) is 0.730. The summed E-state index contributed by atoms with van der Waals surface area (Å²) in [4.78, 5) is 14.0. The molecular weight excluding hydrogens is 294 g/mol. The van der Waals surface area contributed by atoms with E-state index < -0.39 is 5.60 Å². The van der Waals surface area contributed by atoms with Crippen molar-refractivity contribution in [3.63, 3.8) is 0 Å². The molecule has 0 spiro atoms. The molecule has 1 heterocycles. The van der Waals surface area contributed by atoms with E-state index in [0.29, 0.717) is 6.04 Å². The van der Waals surface area contributed by atoms with E-state index in [4.69, 9.17) is 4.74 Å². The molecule has 0 aromatic carbocycles. The molecule has 1 atom stereocenters. The molecule has 1 aliphatic heterocycles. The lowest BCUT2D eigenvalue weighted by molar-refractivity contribution is 0.0198. The highest BCUT2D eigenvalue weighted by atomic mass is 79.9. The number of carbonyl (C=O) groups is 1. The van der Waals surface area contributed by atoms with Crippen LogP contribution >= 0.6 is 15.9 Å². The van der Waals surface area contributed by atoms with Gasteiger partial charge < -0.3 is 9.64 Å². The van der Waals surface area contributed by atoms with Crippen LogP contribution in [0, 0.1) is 5.41 Å². The number of carbonyl (C=O) groups excluding carboxylic acids is 1. The molecule has 0 N–H and O–H groups in total. The zero-order valence-corrected chi connectivity index (χ0v) is 13.8. The monoisotopic (exact) mass is 319 g/mol. The standard InChI is InChI=1S/C14H26BrNO2/c1-13(2,3)18-12(17)16-8-6-7-11(16)9-14(4,5)10-15/h11H,6-10H2,1-5H3. The van der Waals surface area contributed by atoms with E-state index in [2.05, 4.69) is 29.8 Å². The average Bonchev–Trinajstić information content (AvgIpc) is 2.62. The predicted octanol–water partition coefficient (Wildman–Crippen LogP) is 4.20. The van der Waals surface area contributed by atoms with Crippen LogP contribution in [0.25, 0.3) is 0 Å². The summed E-state index contributed by atoms with van der Waals surface area (Å²) in [6, 6.07) is 0.326. The van der Waals surface area contributed by atoms with E-state index >= 15 is 0 Å². The van der Waals surface area contributed by atoms with Gasteiger partial charge in [0.25, 0.3) is 0 Å². The summed E-state index contributed by atoms with van der Waals surface area (Å²) < 4.78 is 5.48. The summed E-state index contributed by atoms with van der Waals surface area (Å²) in [5.74, 6) is 0. The number of ether oxygens (including phenoxy) is 1. The van der Waals surface area contributed by atoms with Gasteiger partial charge in [0.05, 0.1) is 0 Å². The Kier molecular flexibility index (Phi) is 5.10. The molecule has 1 saturated heterocycles. The number of halogens is 1. The van der Waals surface area contributed by atoms with Crippen molar-refractivity contribution in [2.45, 2.75) is 65.5 Å². The fourth-order valence-corrected chi connectivity index (χ4v) is 2.53. The Bertz CT molecular complexity index is 297. The van der Waals surface area contributed by atoms with Gasteiger partial charge >= 0.3 is 6.09 Å². The summed E-state index contributed by atoms with van der Waals surface area (Å²) in [6.07, 6.45) is 3.05. The highest BCUT2D eigenvalue weighted by Gasteiger charge is 2.35. The van der Waals surface area contributed by atoms with Gasteiger partial charge in [0.2, 0.25) is 0 Å². The van der Waals surface area contributed by atoms with Crippen LogP contribution in [0.3, 0.4) is 0 Å². The molecule has 1 aliphatic rings. The molecule has 1 amide bonds. The molecule has 0 bridgehead atoms. The van der Waals surface area contributed by atoms with Crippen LogP contribution in [0.2, 0.25) is 0 Å². The Hall–Kier alpha value is -0.250. The Labute approximate surface area is 119 Å². The van der Waals surface area contributed by atoms with Crippen LogP contribution in [0.5, 0.6) is 0 Å². The van der Waals surface area contributed by atoms with Crippen LogP contribution in [-0.2, 0) is 4.74 Å². The number of hydrogen-bond acceptors (Lipinski definition) is 2. The molecule has 1 rings (SSSR count). The van der Waals surface area contributed by atoms with E-state index in [1.54, 1.807) is 0 Å². The van der Waals surface area contributed by atoms with Gasteiger partial charge in [-0.3, -0.25) is 0 Å².